The van der Waals surface area contributed by atoms with Crippen molar-refractivity contribution in [3.8, 4) is 0 Å². The fraction of sp³-hybridized carbons (Fsp3) is 0.357. The Kier molecular flexibility index (Phi) is 3.21. The lowest BCUT2D eigenvalue weighted by Gasteiger charge is -2.13. The quantitative estimate of drug-likeness (QED) is 0.936. The Morgan fingerprint density at radius 2 is 2.11 bits per heavy atom. The van der Waals surface area contributed by atoms with Crippen molar-refractivity contribution in [1.82, 2.24) is 4.90 Å². The summed E-state index contributed by atoms with van der Waals surface area (Å²) in [5, 5.41) is 10.5. The van der Waals surface area contributed by atoms with Crippen molar-refractivity contribution < 1.29 is 14.3 Å². The molecule has 1 fully saturated rings. The van der Waals surface area contributed by atoms with E-state index in [2.05, 4.69) is 4.90 Å². The summed E-state index contributed by atoms with van der Waals surface area (Å²) < 4.78 is 5.44. The van der Waals surface area contributed by atoms with Gasteiger partial charge in [0.05, 0.1) is 5.02 Å². The van der Waals surface area contributed by atoms with Gasteiger partial charge in [0.25, 0.3) is 0 Å². The number of rotatable bonds is 3. The highest BCUT2D eigenvalue weighted by Crippen LogP contribution is 2.32. The van der Waals surface area contributed by atoms with Crippen LogP contribution in [0.15, 0.2) is 22.6 Å². The lowest BCUT2D eigenvalue weighted by atomic mass is 10.1. The van der Waals surface area contributed by atoms with Crippen LogP contribution in [-0.4, -0.2) is 29.1 Å². The van der Waals surface area contributed by atoms with Crippen molar-refractivity contribution in [3.63, 3.8) is 0 Å². The Balaban J connectivity index is 2.10. The molecule has 19 heavy (non-hydrogen) atoms. The van der Waals surface area contributed by atoms with Gasteiger partial charge in [-0.2, -0.15) is 0 Å². The molecule has 1 N–H and O–H groups in total. The van der Waals surface area contributed by atoms with Gasteiger partial charge in [-0.15, -0.1) is 0 Å². The molecule has 2 aromatic rings. The van der Waals surface area contributed by atoms with E-state index in [1.165, 1.54) is 12.8 Å². The maximum absolute atomic E-state index is 11.3. The maximum Gasteiger partial charge on any atom is 0.372 e. The minimum Gasteiger partial charge on any atom is -0.475 e. The van der Waals surface area contributed by atoms with Gasteiger partial charge in [-0.25, -0.2) is 4.79 Å². The number of furan rings is 1. The van der Waals surface area contributed by atoms with Crippen LogP contribution in [0.4, 0.5) is 0 Å². The van der Waals surface area contributed by atoms with Gasteiger partial charge in [0.1, 0.15) is 0 Å². The van der Waals surface area contributed by atoms with E-state index in [0.717, 1.165) is 24.0 Å². The second kappa shape index (κ2) is 4.87. The van der Waals surface area contributed by atoms with Crippen molar-refractivity contribution in [2.24, 2.45) is 0 Å². The van der Waals surface area contributed by atoms with E-state index in [4.69, 9.17) is 16.0 Å². The van der Waals surface area contributed by atoms with Gasteiger partial charge in [-0.1, -0.05) is 23.7 Å². The third-order valence-corrected chi connectivity index (χ3v) is 3.84. The second-order valence-corrected chi connectivity index (χ2v) is 5.22. The predicted molar refractivity (Wildman–Crippen MR) is 72.7 cm³/mol. The van der Waals surface area contributed by atoms with Crippen LogP contribution >= 0.6 is 11.6 Å². The van der Waals surface area contributed by atoms with Crippen LogP contribution < -0.4 is 0 Å². The van der Waals surface area contributed by atoms with Crippen LogP contribution in [0.3, 0.4) is 0 Å². The Hall–Kier alpha value is -1.52. The third kappa shape index (κ3) is 2.22. The standard InChI is InChI=1S/C14H14ClNO3/c15-11-5-3-4-9-10(8-16-6-1-2-7-16)13(14(17)18)19-12(9)11/h3-5H,1-2,6-8H2,(H,17,18). The molecular formula is C14H14ClNO3. The van der Waals surface area contributed by atoms with E-state index >= 15 is 0 Å². The molecule has 2 heterocycles. The highest BCUT2D eigenvalue weighted by atomic mass is 35.5. The number of aromatic carboxylic acids is 1. The number of carboxylic acids is 1. The van der Waals surface area contributed by atoms with Crippen molar-refractivity contribution >= 4 is 28.5 Å². The second-order valence-electron chi connectivity index (χ2n) is 4.81. The Labute approximate surface area is 115 Å². The zero-order valence-corrected chi connectivity index (χ0v) is 11.1. The normalized spacial score (nSPS) is 16.3. The fourth-order valence-corrected chi connectivity index (χ4v) is 2.84. The molecule has 0 atom stereocenters. The number of hydrogen-bond acceptors (Lipinski definition) is 3. The first-order valence-electron chi connectivity index (χ1n) is 6.32. The van der Waals surface area contributed by atoms with Gasteiger partial charge in [-0.05, 0) is 32.0 Å². The van der Waals surface area contributed by atoms with E-state index in [9.17, 15) is 9.90 Å². The van der Waals surface area contributed by atoms with Crippen molar-refractivity contribution in [3.05, 3.63) is 34.5 Å². The summed E-state index contributed by atoms with van der Waals surface area (Å²) in [6, 6.07) is 5.39. The lowest BCUT2D eigenvalue weighted by molar-refractivity contribution is 0.0662. The highest BCUT2D eigenvalue weighted by Gasteiger charge is 2.24. The van der Waals surface area contributed by atoms with Crippen LogP contribution in [0.25, 0.3) is 11.0 Å². The van der Waals surface area contributed by atoms with Gasteiger partial charge >= 0.3 is 5.97 Å². The minimum absolute atomic E-state index is 0.00926. The molecule has 1 saturated heterocycles. The summed E-state index contributed by atoms with van der Waals surface area (Å²) in [5.41, 5.74) is 1.20. The minimum atomic E-state index is -1.04. The number of para-hydroxylation sites is 1. The summed E-state index contributed by atoms with van der Waals surface area (Å²) in [6.45, 7) is 2.62. The van der Waals surface area contributed by atoms with Crippen LogP contribution in [0.5, 0.6) is 0 Å². The number of fused-ring (bicyclic) bond motifs is 1. The zero-order chi connectivity index (χ0) is 13.4. The monoisotopic (exact) mass is 279 g/mol. The first-order chi connectivity index (χ1) is 9.16. The van der Waals surface area contributed by atoms with Gasteiger partial charge in [0.2, 0.25) is 5.76 Å². The molecule has 0 aliphatic carbocycles. The maximum atomic E-state index is 11.3. The first-order valence-corrected chi connectivity index (χ1v) is 6.70. The van der Waals surface area contributed by atoms with E-state index in [1.54, 1.807) is 6.07 Å². The summed E-state index contributed by atoms with van der Waals surface area (Å²) in [4.78, 5) is 13.6. The van der Waals surface area contributed by atoms with Gasteiger partial charge < -0.3 is 9.52 Å². The summed E-state index contributed by atoms with van der Waals surface area (Å²) >= 11 is 6.06. The molecule has 0 spiro atoms. The highest BCUT2D eigenvalue weighted by molar-refractivity contribution is 6.35. The van der Waals surface area contributed by atoms with Crippen molar-refractivity contribution in [2.75, 3.05) is 13.1 Å². The summed E-state index contributed by atoms with van der Waals surface area (Å²) in [6.07, 6.45) is 2.33. The number of carboxylic acid groups (broad SMARTS) is 1. The van der Waals surface area contributed by atoms with Crippen LogP contribution in [-0.2, 0) is 6.54 Å². The number of nitrogens with zero attached hydrogens (tertiary/aromatic N) is 1. The topological polar surface area (TPSA) is 53.7 Å². The van der Waals surface area contributed by atoms with E-state index < -0.39 is 5.97 Å². The van der Waals surface area contributed by atoms with Crippen molar-refractivity contribution in [1.29, 1.82) is 0 Å². The fourth-order valence-electron chi connectivity index (χ4n) is 2.63. The smallest absolute Gasteiger partial charge is 0.372 e. The molecular weight excluding hydrogens is 266 g/mol. The molecule has 0 unspecified atom stereocenters. The Bertz CT molecular complexity index is 629. The number of hydrogen-bond donors (Lipinski definition) is 1. The van der Waals surface area contributed by atoms with Crippen LogP contribution in [0.1, 0.15) is 29.0 Å². The zero-order valence-electron chi connectivity index (χ0n) is 10.4. The number of likely N-dealkylation sites (tertiary alicyclic amines) is 1. The molecule has 1 aromatic carbocycles. The van der Waals surface area contributed by atoms with Crippen molar-refractivity contribution in [2.45, 2.75) is 19.4 Å². The molecule has 0 amide bonds. The van der Waals surface area contributed by atoms with Gasteiger partial charge in [0.15, 0.2) is 5.58 Å². The largest absolute Gasteiger partial charge is 0.475 e. The number of benzene rings is 1. The van der Waals surface area contributed by atoms with Crippen LogP contribution in [0.2, 0.25) is 5.02 Å². The molecule has 4 nitrogen and oxygen atoms in total. The van der Waals surface area contributed by atoms with E-state index in [1.807, 2.05) is 12.1 Å². The van der Waals surface area contributed by atoms with Gasteiger partial charge in [-0.3, -0.25) is 4.90 Å². The number of halogens is 1. The predicted octanol–water partition coefficient (Wildman–Crippen LogP) is 3.38. The third-order valence-electron chi connectivity index (χ3n) is 3.54. The molecule has 5 heteroatoms. The molecule has 3 rings (SSSR count). The molecule has 1 aromatic heterocycles. The number of carbonyl (C=O) groups is 1. The SMILES string of the molecule is O=C(O)c1oc2c(Cl)cccc2c1CN1CCCC1. The first kappa shape index (κ1) is 12.5. The molecule has 0 saturated carbocycles. The van der Waals surface area contributed by atoms with E-state index in [0.29, 0.717) is 17.2 Å². The Morgan fingerprint density at radius 3 is 2.79 bits per heavy atom. The Morgan fingerprint density at radius 1 is 1.37 bits per heavy atom. The van der Waals surface area contributed by atoms with E-state index in [-0.39, 0.29) is 5.76 Å². The average Bonchev–Trinajstić information content (AvgIpc) is 2.99. The molecule has 0 radical (unpaired) electrons. The lowest BCUT2D eigenvalue weighted by Crippen LogP contribution is -2.19. The molecule has 1 aliphatic heterocycles. The van der Waals surface area contributed by atoms with Gasteiger partial charge in [0, 0.05) is 17.5 Å². The summed E-state index contributed by atoms with van der Waals surface area (Å²) in [7, 11) is 0. The van der Waals surface area contributed by atoms with Crippen LogP contribution in [0, 0.1) is 0 Å². The summed E-state index contributed by atoms with van der Waals surface area (Å²) in [5.74, 6) is -1.03. The average molecular weight is 280 g/mol. The molecule has 1 aliphatic rings. The molecule has 0 bridgehead atoms. The molecule has 100 valence electrons.